The Morgan fingerprint density at radius 2 is 2.00 bits per heavy atom. The van der Waals surface area contributed by atoms with Crippen LogP contribution in [0.1, 0.15) is 30.6 Å². The SMILES string of the molecule is CCOC(=O)[C@H]1C(=O)C=C(c2ccco2)C[C@@H]1c1ccccc1. The van der Waals surface area contributed by atoms with E-state index in [1.807, 2.05) is 36.4 Å². The first-order valence-corrected chi connectivity index (χ1v) is 7.70. The van der Waals surface area contributed by atoms with E-state index >= 15 is 0 Å². The fourth-order valence-electron chi connectivity index (χ4n) is 3.03. The van der Waals surface area contributed by atoms with Gasteiger partial charge >= 0.3 is 5.97 Å². The summed E-state index contributed by atoms with van der Waals surface area (Å²) in [7, 11) is 0. The van der Waals surface area contributed by atoms with Gasteiger partial charge in [-0.1, -0.05) is 30.3 Å². The van der Waals surface area contributed by atoms with Gasteiger partial charge in [0.05, 0.1) is 12.9 Å². The monoisotopic (exact) mass is 310 g/mol. The van der Waals surface area contributed by atoms with Gasteiger partial charge in [0, 0.05) is 5.92 Å². The van der Waals surface area contributed by atoms with Crippen LogP contribution in [0.5, 0.6) is 0 Å². The third kappa shape index (κ3) is 3.11. The van der Waals surface area contributed by atoms with Crippen LogP contribution in [0.2, 0.25) is 0 Å². The number of benzene rings is 1. The Kier molecular flexibility index (Phi) is 4.42. The van der Waals surface area contributed by atoms with Crippen molar-refractivity contribution in [3.05, 3.63) is 66.1 Å². The van der Waals surface area contributed by atoms with Gasteiger partial charge in [-0.25, -0.2) is 0 Å². The zero-order chi connectivity index (χ0) is 16.2. The Labute approximate surface area is 134 Å². The summed E-state index contributed by atoms with van der Waals surface area (Å²) < 4.78 is 10.5. The molecule has 1 aliphatic carbocycles. The number of ether oxygens (including phenoxy) is 1. The van der Waals surface area contributed by atoms with E-state index in [1.165, 1.54) is 6.08 Å². The second kappa shape index (κ2) is 6.65. The highest BCUT2D eigenvalue weighted by Crippen LogP contribution is 2.40. The lowest BCUT2D eigenvalue weighted by Crippen LogP contribution is -2.33. The molecular weight excluding hydrogens is 292 g/mol. The molecule has 1 aromatic heterocycles. The molecule has 2 aromatic rings. The molecule has 0 aliphatic heterocycles. The minimum atomic E-state index is -0.795. The van der Waals surface area contributed by atoms with Gasteiger partial charge in [0.15, 0.2) is 5.78 Å². The van der Waals surface area contributed by atoms with E-state index in [1.54, 1.807) is 19.3 Å². The summed E-state index contributed by atoms with van der Waals surface area (Å²) in [5, 5.41) is 0. The number of carbonyl (C=O) groups excluding carboxylic acids is 2. The predicted molar refractivity (Wildman–Crippen MR) is 85.6 cm³/mol. The molecule has 0 N–H and O–H groups in total. The standard InChI is InChI=1S/C19H18O4/c1-2-22-19(21)18-15(13-7-4-3-5-8-13)11-14(12-16(18)20)17-9-6-10-23-17/h3-10,12,15,18H,2,11H2,1H3/t15-,18-/m1/s1. The number of hydrogen-bond acceptors (Lipinski definition) is 4. The van der Waals surface area contributed by atoms with Crippen LogP contribution in [-0.4, -0.2) is 18.4 Å². The number of rotatable bonds is 4. The van der Waals surface area contributed by atoms with Gasteiger partial charge in [-0.05, 0) is 42.7 Å². The molecule has 3 rings (SSSR count). The lowest BCUT2D eigenvalue weighted by molar-refractivity contribution is -0.151. The summed E-state index contributed by atoms with van der Waals surface area (Å²) in [6, 6.07) is 13.2. The van der Waals surface area contributed by atoms with Crippen LogP contribution in [0, 0.1) is 5.92 Å². The second-order valence-corrected chi connectivity index (χ2v) is 5.50. The van der Waals surface area contributed by atoms with E-state index in [9.17, 15) is 9.59 Å². The summed E-state index contributed by atoms with van der Waals surface area (Å²) in [4.78, 5) is 24.9. The van der Waals surface area contributed by atoms with E-state index in [4.69, 9.17) is 9.15 Å². The molecular formula is C19H18O4. The molecule has 23 heavy (non-hydrogen) atoms. The molecule has 4 heteroatoms. The van der Waals surface area contributed by atoms with Gasteiger partial charge in [-0.3, -0.25) is 9.59 Å². The average Bonchev–Trinajstić information content (AvgIpc) is 3.09. The van der Waals surface area contributed by atoms with Gasteiger partial charge in [-0.2, -0.15) is 0 Å². The highest BCUT2D eigenvalue weighted by atomic mass is 16.5. The molecule has 0 saturated heterocycles. The molecule has 1 aromatic carbocycles. The summed E-state index contributed by atoms with van der Waals surface area (Å²) in [6.45, 7) is 2.01. The Morgan fingerprint density at radius 3 is 2.65 bits per heavy atom. The number of allylic oxidation sites excluding steroid dienone is 2. The highest BCUT2D eigenvalue weighted by Gasteiger charge is 2.40. The number of furan rings is 1. The number of hydrogen-bond donors (Lipinski definition) is 0. The van der Waals surface area contributed by atoms with Crippen LogP contribution >= 0.6 is 0 Å². The van der Waals surface area contributed by atoms with Crippen molar-refractivity contribution in [3.8, 4) is 0 Å². The lowest BCUT2D eigenvalue weighted by Gasteiger charge is -2.28. The molecule has 0 bridgehead atoms. The number of carbonyl (C=O) groups is 2. The van der Waals surface area contributed by atoms with Crippen molar-refractivity contribution in [2.75, 3.05) is 6.61 Å². The zero-order valence-corrected chi connectivity index (χ0v) is 12.9. The molecule has 0 fully saturated rings. The van der Waals surface area contributed by atoms with Crippen LogP contribution < -0.4 is 0 Å². The normalized spacial score (nSPS) is 20.9. The van der Waals surface area contributed by atoms with Gasteiger partial charge in [0.1, 0.15) is 11.7 Å². The molecule has 118 valence electrons. The fraction of sp³-hybridized carbons (Fsp3) is 0.263. The minimum absolute atomic E-state index is 0.227. The number of ketones is 1. The van der Waals surface area contributed by atoms with Crippen molar-refractivity contribution < 1.29 is 18.7 Å². The number of esters is 1. The third-order valence-corrected chi connectivity index (χ3v) is 4.07. The summed E-state index contributed by atoms with van der Waals surface area (Å²) in [5.41, 5.74) is 1.77. The summed E-state index contributed by atoms with van der Waals surface area (Å²) >= 11 is 0. The largest absolute Gasteiger partial charge is 0.465 e. The molecule has 0 amide bonds. The molecule has 2 atom stereocenters. The van der Waals surface area contributed by atoms with Crippen molar-refractivity contribution in [2.24, 2.45) is 5.92 Å². The van der Waals surface area contributed by atoms with Gasteiger partial charge in [0.2, 0.25) is 0 Å². The van der Waals surface area contributed by atoms with E-state index in [0.29, 0.717) is 12.2 Å². The van der Waals surface area contributed by atoms with Crippen LogP contribution in [-0.2, 0) is 14.3 Å². The maximum Gasteiger partial charge on any atom is 0.317 e. The van der Waals surface area contributed by atoms with Crippen LogP contribution in [0.15, 0.2) is 59.2 Å². The van der Waals surface area contributed by atoms with Gasteiger partial charge in [0.25, 0.3) is 0 Å². The third-order valence-electron chi connectivity index (χ3n) is 4.07. The zero-order valence-electron chi connectivity index (χ0n) is 12.9. The summed E-state index contributed by atoms with van der Waals surface area (Å²) in [6.07, 6.45) is 3.65. The molecule has 0 spiro atoms. The minimum Gasteiger partial charge on any atom is -0.465 e. The second-order valence-electron chi connectivity index (χ2n) is 5.50. The maximum atomic E-state index is 12.6. The average molecular weight is 310 g/mol. The predicted octanol–water partition coefficient (Wildman–Crippen LogP) is 3.60. The molecule has 0 radical (unpaired) electrons. The van der Waals surface area contributed by atoms with E-state index in [0.717, 1.165) is 11.1 Å². The Balaban J connectivity index is 2.00. The van der Waals surface area contributed by atoms with Crippen molar-refractivity contribution in [3.63, 3.8) is 0 Å². The first-order valence-electron chi connectivity index (χ1n) is 7.70. The molecule has 0 saturated carbocycles. The molecule has 0 unspecified atom stereocenters. The first-order chi connectivity index (χ1) is 11.2. The van der Waals surface area contributed by atoms with Gasteiger partial charge in [-0.15, -0.1) is 0 Å². The van der Waals surface area contributed by atoms with E-state index in [2.05, 4.69) is 0 Å². The molecule has 1 heterocycles. The van der Waals surface area contributed by atoms with Crippen molar-refractivity contribution in [2.45, 2.75) is 19.3 Å². The van der Waals surface area contributed by atoms with E-state index < -0.39 is 11.9 Å². The Hall–Kier alpha value is -2.62. The Morgan fingerprint density at radius 1 is 1.22 bits per heavy atom. The Bertz CT molecular complexity index is 713. The van der Waals surface area contributed by atoms with Crippen molar-refractivity contribution >= 4 is 17.3 Å². The van der Waals surface area contributed by atoms with Crippen LogP contribution in [0.3, 0.4) is 0 Å². The van der Waals surface area contributed by atoms with Gasteiger partial charge < -0.3 is 9.15 Å². The first kappa shape index (κ1) is 15.3. The molecule has 1 aliphatic rings. The highest BCUT2D eigenvalue weighted by molar-refractivity contribution is 6.10. The van der Waals surface area contributed by atoms with Crippen molar-refractivity contribution in [1.82, 2.24) is 0 Å². The lowest BCUT2D eigenvalue weighted by atomic mass is 9.74. The fourth-order valence-corrected chi connectivity index (χ4v) is 3.03. The maximum absolute atomic E-state index is 12.6. The smallest absolute Gasteiger partial charge is 0.317 e. The topological polar surface area (TPSA) is 56.5 Å². The van der Waals surface area contributed by atoms with Crippen LogP contribution in [0.4, 0.5) is 0 Å². The van der Waals surface area contributed by atoms with Crippen LogP contribution in [0.25, 0.3) is 5.57 Å². The quantitative estimate of drug-likeness (QED) is 0.639. The van der Waals surface area contributed by atoms with E-state index in [-0.39, 0.29) is 18.3 Å². The summed E-state index contributed by atoms with van der Waals surface area (Å²) in [5.74, 6) is -1.05. The van der Waals surface area contributed by atoms with Crippen molar-refractivity contribution in [1.29, 1.82) is 0 Å². The molecule has 4 nitrogen and oxygen atoms in total.